The van der Waals surface area contributed by atoms with Crippen LogP contribution in [0.4, 0.5) is 10.5 Å². The molecule has 0 saturated carbocycles. The molecule has 19 heavy (non-hydrogen) atoms. The molecule has 100 valence electrons. The lowest BCUT2D eigenvalue weighted by Gasteiger charge is -2.18. The minimum atomic E-state index is -0.150. The number of hydrogen-bond donors (Lipinski definition) is 1. The number of carbonyl (C=O) groups is 1. The van der Waals surface area contributed by atoms with Gasteiger partial charge in [0, 0.05) is 36.7 Å². The van der Waals surface area contributed by atoms with E-state index in [0.717, 1.165) is 11.4 Å². The molecule has 0 aliphatic heterocycles. The van der Waals surface area contributed by atoms with Crippen molar-refractivity contribution in [1.29, 1.82) is 0 Å². The Morgan fingerprint density at radius 1 is 1.32 bits per heavy atom. The third-order valence-corrected chi connectivity index (χ3v) is 3.14. The standard InChI is InChI=1S/C14H16ClN3O/c1-17-9-3-4-13(17)10-18(2)14(19)16-12-7-5-11(15)6-8-12/h3-9H,10H2,1-2H3,(H,16,19). The van der Waals surface area contributed by atoms with E-state index in [1.54, 1.807) is 36.2 Å². The fourth-order valence-corrected chi connectivity index (χ4v) is 1.85. The summed E-state index contributed by atoms with van der Waals surface area (Å²) < 4.78 is 1.99. The second-order valence-electron chi connectivity index (χ2n) is 4.40. The van der Waals surface area contributed by atoms with E-state index in [-0.39, 0.29) is 6.03 Å². The van der Waals surface area contributed by atoms with Crippen LogP contribution in [0.25, 0.3) is 0 Å². The second-order valence-corrected chi connectivity index (χ2v) is 4.84. The second kappa shape index (κ2) is 5.80. The van der Waals surface area contributed by atoms with Gasteiger partial charge in [-0.1, -0.05) is 11.6 Å². The highest BCUT2D eigenvalue weighted by molar-refractivity contribution is 6.30. The molecule has 1 aromatic heterocycles. The average Bonchev–Trinajstić information content (AvgIpc) is 2.78. The summed E-state index contributed by atoms with van der Waals surface area (Å²) in [7, 11) is 3.72. The van der Waals surface area contributed by atoms with E-state index in [1.807, 2.05) is 29.9 Å². The van der Waals surface area contributed by atoms with Crippen molar-refractivity contribution in [3.63, 3.8) is 0 Å². The maximum Gasteiger partial charge on any atom is 0.321 e. The van der Waals surface area contributed by atoms with Gasteiger partial charge in [0.1, 0.15) is 0 Å². The molecule has 1 N–H and O–H groups in total. The summed E-state index contributed by atoms with van der Waals surface area (Å²) in [5.74, 6) is 0. The number of nitrogens with zero attached hydrogens (tertiary/aromatic N) is 2. The molecule has 0 spiro atoms. The predicted octanol–water partition coefficient (Wildman–Crippen LogP) is 3.34. The number of halogens is 1. The highest BCUT2D eigenvalue weighted by atomic mass is 35.5. The number of carbonyl (C=O) groups excluding carboxylic acids is 1. The van der Waals surface area contributed by atoms with Crippen LogP contribution in [0.3, 0.4) is 0 Å². The van der Waals surface area contributed by atoms with E-state index in [4.69, 9.17) is 11.6 Å². The number of amides is 2. The van der Waals surface area contributed by atoms with Crippen molar-refractivity contribution in [2.45, 2.75) is 6.54 Å². The van der Waals surface area contributed by atoms with Crippen LogP contribution in [-0.2, 0) is 13.6 Å². The Morgan fingerprint density at radius 3 is 2.58 bits per heavy atom. The van der Waals surface area contributed by atoms with Gasteiger partial charge in [0.2, 0.25) is 0 Å². The van der Waals surface area contributed by atoms with E-state index in [1.165, 1.54) is 0 Å². The SMILES string of the molecule is CN(Cc1cccn1C)C(=O)Nc1ccc(Cl)cc1. The fraction of sp³-hybridized carbons (Fsp3) is 0.214. The Labute approximate surface area is 117 Å². The Morgan fingerprint density at radius 2 is 2.00 bits per heavy atom. The zero-order chi connectivity index (χ0) is 13.8. The summed E-state index contributed by atoms with van der Waals surface area (Å²) in [6.45, 7) is 0.558. The summed E-state index contributed by atoms with van der Waals surface area (Å²) in [6.07, 6.45) is 1.96. The van der Waals surface area contributed by atoms with Gasteiger partial charge in [-0.3, -0.25) is 0 Å². The molecule has 2 rings (SSSR count). The van der Waals surface area contributed by atoms with E-state index in [0.29, 0.717) is 11.6 Å². The van der Waals surface area contributed by atoms with Crippen LogP contribution >= 0.6 is 11.6 Å². The molecule has 1 aromatic carbocycles. The van der Waals surface area contributed by atoms with Crippen LogP contribution in [0, 0.1) is 0 Å². The summed E-state index contributed by atoms with van der Waals surface area (Å²) in [5, 5.41) is 3.47. The van der Waals surface area contributed by atoms with Crippen LogP contribution in [-0.4, -0.2) is 22.5 Å². The summed E-state index contributed by atoms with van der Waals surface area (Å²) >= 11 is 5.80. The molecule has 0 aliphatic carbocycles. The smallest absolute Gasteiger partial charge is 0.321 e. The largest absolute Gasteiger partial charge is 0.353 e. The van der Waals surface area contributed by atoms with Crippen LogP contribution in [0.15, 0.2) is 42.6 Å². The van der Waals surface area contributed by atoms with Gasteiger partial charge in [-0.2, -0.15) is 0 Å². The van der Waals surface area contributed by atoms with Gasteiger partial charge < -0.3 is 14.8 Å². The van der Waals surface area contributed by atoms with Crippen LogP contribution in [0.1, 0.15) is 5.69 Å². The number of anilines is 1. The Hall–Kier alpha value is -1.94. The summed E-state index contributed by atoms with van der Waals surface area (Å²) in [5.41, 5.74) is 1.81. The first kappa shape index (κ1) is 13.5. The molecule has 4 nitrogen and oxygen atoms in total. The molecule has 5 heteroatoms. The average molecular weight is 278 g/mol. The molecule has 0 fully saturated rings. The minimum Gasteiger partial charge on any atom is -0.353 e. The normalized spacial score (nSPS) is 10.3. The molecule has 2 amide bonds. The van der Waals surface area contributed by atoms with Gasteiger partial charge in [-0.15, -0.1) is 0 Å². The lowest BCUT2D eigenvalue weighted by Crippen LogP contribution is -2.31. The van der Waals surface area contributed by atoms with Crippen molar-refractivity contribution in [2.75, 3.05) is 12.4 Å². The van der Waals surface area contributed by atoms with Crippen molar-refractivity contribution in [3.05, 3.63) is 53.3 Å². The number of benzene rings is 1. The van der Waals surface area contributed by atoms with E-state index in [2.05, 4.69) is 5.32 Å². The maximum absolute atomic E-state index is 12.0. The number of aromatic nitrogens is 1. The van der Waals surface area contributed by atoms with Crippen molar-refractivity contribution < 1.29 is 4.79 Å². The number of nitrogens with one attached hydrogen (secondary N) is 1. The topological polar surface area (TPSA) is 37.3 Å². The monoisotopic (exact) mass is 277 g/mol. The van der Waals surface area contributed by atoms with Gasteiger partial charge in [-0.25, -0.2) is 4.79 Å². The van der Waals surface area contributed by atoms with Gasteiger partial charge in [0.05, 0.1) is 6.54 Å². The quantitative estimate of drug-likeness (QED) is 0.918. The van der Waals surface area contributed by atoms with Gasteiger partial charge in [0.15, 0.2) is 0 Å². The number of urea groups is 1. The molecule has 2 aromatic rings. The first-order chi connectivity index (χ1) is 9.06. The highest BCUT2D eigenvalue weighted by Crippen LogP contribution is 2.14. The van der Waals surface area contributed by atoms with Crippen molar-refractivity contribution in [3.8, 4) is 0 Å². The fourth-order valence-electron chi connectivity index (χ4n) is 1.73. The Balaban J connectivity index is 1.96. The molecule has 0 bridgehead atoms. The van der Waals surface area contributed by atoms with Crippen LogP contribution < -0.4 is 5.32 Å². The predicted molar refractivity (Wildman–Crippen MR) is 77.4 cm³/mol. The number of hydrogen-bond acceptors (Lipinski definition) is 1. The summed E-state index contributed by atoms with van der Waals surface area (Å²) in [4.78, 5) is 13.6. The third-order valence-electron chi connectivity index (χ3n) is 2.89. The zero-order valence-electron chi connectivity index (χ0n) is 10.9. The van der Waals surface area contributed by atoms with Crippen LogP contribution in [0.2, 0.25) is 5.02 Å². The Kier molecular flexibility index (Phi) is 4.12. The molecular formula is C14H16ClN3O. The molecule has 1 heterocycles. The minimum absolute atomic E-state index is 0.150. The van der Waals surface area contributed by atoms with Gasteiger partial charge >= 0.3 is 6.03 Å². The first-order valence-corrected chi connectivity index (χ1v) is 6.32. The molecule has 0 saturated heterocycles. The van der Waals surface area contributed by atoms with E-state index in [9.17, 15) is 4.79 Å². The van der Waals surface area contributed by atoms with Gasteiger partial charge in [-0.05, 0) is 36.4 Å². The molecular weight excluding hydrogens is 262 g/mol. The zero-order valence-corrected chi connectivity index (χ0v) is 11.7. The first-order valence-electron chi connectivity index (χ1n) is 5.94. The molecule has 0 atom stereocenters. The van der Waals surface area contributed by atoms with Gasteiger partial charge in [0.25, 0.3) is 0 Å². The number of aryl methyl sites for hydroxylation is 1. The van der Waals surface area contributed by atoms with Crippen molar-refractivity contribution in [1.82, 2.24) is 9.47 Å². The van der Waals surface area contributed by atoms with Crippen molar-refractivity contribution >= 4 is 23.3 Å². The van der Waals surface area contributed by atoms with E-state index >= 15 is 0 Å². The molecule has 0 aliphatic rings. The number of rotatable bonds is 3. The highest BCUT2D eigenvalue weighted by Gasteiger charge is 2.10. The maximum atomic E-state index is 12.0. The van der Waals surface area contributed by atoms with Crippen LogP contribution in [0.5, 0.6) is 0 Å². The summed E-state index contributed by atoms with van der Waals surface area (Å²) in [6, 6.07) is 10.8. The third kappa shape index (κ3) is 3.51. The van der Waals surface area contributed by atoms with Crippen molar-refractivity contribution in [2.24, 2.45) is 7.05 Å². The molecule has 0 unspecified atom stereocenters. The lowest BCUT2D eigenvalue weighted by atomic mass is 10.3. The lowest BCUT2D eigenvalue weighted by molar-refractivity contribution is 0.220. The molecule has 0 radical (unpaired) electrons. The Bertz CT molecular complexity index is 562. The van der Waals surface area contributed by atoms with E-state index < -0.39 is 0 Å².